The van der Waals surface area contributed by atoms with E-state index in [0.717, 1.165) is 12.3 Å². The van der Waals surface area contributed by atoms with Crippen molar-refractivity contribution in [2.24, 2.45) is 0 Å². The molecule has 0 saturated carbocycles. The average Bonchev–Trinajstić information content (AvgIpc) is 2.35. The SMILES string of the molecule is COc1ccc(CN2C(C)COCC2O)cc1. The maximum absolute atomic E-state index is 9.88. The molecule has 1 fully saturated rings. The molecule has 1 aliphatic rings. The summed E-state index contributed by atoms with van der Waals surface area (Å²) < 4.78 is 10.4. The van der Waals surface area contributed by atoms with E-state index in [0.29, 0.717) is 13.2 Å². The van der Waals surface area contributed by atoms with Crippen LogP contribution in [0, 0.1) is 0 Å². The van der Waals surface area contributed by atoms with Gasteiger partial charge in [-0.2, -0.15) is 0 Å². The van der Waals surface area contributed by atoms with Gasteiger partial charge in [0.15, 0.2) is 0 Å². The van der Waals surface area contributed by atoms with Crippen LogP contribution in [-0.4, -0.2) is 42.6 Å². The first-order valence-corrected chi connectivity index (χ1v) is 5.85. The van der Waals surface area contributed by atoms with Crippen LogP contribution in [0.2, 0.25) is 0 Å². The Morgan fingerprint density at radius 2 is 2.06 bits per heavy atom. The van der Waals surface area contributed by atoms with Gasteiger partial charge in [-0.3, -0.25) is 4.90 Å². The van der Waals surface area contributed by atoms with Crippen molar-refractivity contribution >= 4 is 0 Å². The van der Waals surface area contributed by atoms with Gasteiger partial charge in [0.2, 0.25) is 0 Å². The molecule has 0 aliphatic carbocycles. The molecular formula is C13H19NO3. The number of hydrogen-bond acceptors (Lipinski definition) is 4. The summed E-state index contributed by atoms with van der Waals surface area (Å²) >= 11 is 0. The summed E-state index contributed by atoms with van der Waals surface area (Å²) in [6.07, 6.45) is -0.513. The van der Waals surface area contributed by atoms with Crippen molar-refractivity contribution in [2.75, 3.05) is 20.3 Å². The number of nitrogens with zero attached hydrogens (tertiary/aromatic N) is 1. The van der Waals surface area contributed by atoms with Gasteiger partial charge in [0, 0.05) is 12.6 Å². The quantitative estimate of drug-likeness (QED) is 0.858. The largest absolute Gasteiger partial charge is 0.497 e. The monoisotopic (exact) mass is 237 g/mol. The second kappa shape index (κ2) is 5.49. The van der Waals surface area contributed by atoms with Crippen LogP contribution in [0.15, 0.2) is 24.3 Å². The molecule has 1 N–H and O–H groups in total. The summed E-state index contributed by atoms with van der Waals surface area (Å²) in [7, 11) is 1.66. The van der Waals surface area contributed by atoms with E-state index in [1.165, 1.54) is 5.56 Å². The van der Waals surface area contributed by atoms with Crippen molar-refractivity contribution in [3.63, 3.8) is 0 Å². The van der Waals surface area contributed by atoms with E-state index in [2.05, 4.69) is 6.92 Å². The zero-order valence-corrected chi connectivity index (χ0v) is 10.3. The smallest absolute Gasteiger partial charge is 0.131 e. The van der Waals surface area contributed by atoms with Crippen molar-refractivity contribution in [1.82, 2.24) is 4.90 Å². The van der Waals surface area contributed by atoms with Gasteiger partial charge in [0.1, 0.15) is 12.0 Å². The van der Waals surface area contributed by atoms with E-state index in [4.69, 9.17) is 9.47 Å². The van der Waals surface area contributed by atoms with Crippen LogP contribution in [0.5, 0.6) is 5.75 Å². The van der Waals surface area contributed by atoms with Gasteiger partial charge >= 0.3 is 0 Å². The van der Waals surface area contributed by atoms with Crippen LogP contribution in [-0.2, 0) is 11.3 Å². The lowest BCUT2D eigenvalue weighted by atomic mass is 10.1. The summed E-state index contributed by atoms with van der Waals surface area (Å²) in [4.78, 5) is 2.05. The lowest BCUT2D eigenvalue weighted by Crippen LogP contribution is -2.50. The predicted octanol–water partition coefficient (Wildman–Crippen LogP) is 1.23. The number of morpholine rings is 1. The van der Waals surface area contributed by atoms with Crippen LogP contribution in [0.3, 0.4) is 0 Å². The van der Waals surface area contributed by atoms with Gasteiger partial charge in [0.25, 0.3) is 0 Å². The second-order valence-corrected chi connectivity index (χ2v) is 4.39. The van der Waals surface area contributed by atoms with Gasteiger partial charge in [-0.25, -0.2) is 0 Å². The number of aliphatic hydroxyl groups excluding tert-OH is 1. The molecule has 2 rings (SSSR count). The minimum Gasteiger partial charge on any atom is -0.497 e. The molecule has 0 amide bonds. The molecule has 1 saturated heterocycles. The van der Waals surface area contributed by atoms with E-state index < -0.39 is 6.23 Å². The van der Waals surface area contributed by atoms with E-state index >= 15 is 0 Å². The molecule has 17 heavy (non-hydrogen) atoms. The zero-order chi connectivity index (χ0) is 12.3. The third kappa shape index (κ3) is 2.97. The molecule has 2 unspecified atom stereocenters. The van der Waals surface area contributed by atoms with Gasteiger partial charge in [-0.05, 0) is 24.6 Å². The van der Waals surface area contributed by atoms with Crippen LogP contribution in [0.4, 0.5) is 0 Å². The maximum atomic E-state index is 9.88. The van der Waals surface area contributed by atoms with Crippen molar-refractivity contribution in [3.05, 3.63) is 29.8 Å². The molecule has 2 atom stereocenters. The number of benzene rings is 1. The average molecular weight is 237 g/mol. The first-order valence-electron chi connectivity index (χ1n) is 5.85. The summed E-state index contributed by atoms with van der Waals surface area (Å²) in [5.74, 6) is 0.851. The Bertz CT molecular complexity index is 342. The molecule has 0 spiro atoms. The van der Waals surface area contributed by atoms with Crippen LogP contribution in [0.1, 0.15) is 12.5 Å². The van der Waals surface area contributed by atoms with Crippen LogP contribution in [0.25, 0.3) is 0 Å². The third-order valence-corrected chi connectivity index (χ3v) is 3.10. The van der Waals surface area contributed by atoms with Crippen molar-refractivity contribution < 1.29 is 14.6 Å². The summed E-state index contributed by atoms with van der Waals surface area (Å²) in [6.45, 7) is 3.86. The van der Waals surface area contributed by atoms with Gasteiger partial charge in [-0.1, -0.05) is 12.1 Å². The van der Waals surface area contributed by atoms with Crippen molar-refractivity contribution in [3.8, 4) is 5.75 Å². The Balaban J connectivity index is 2.03. The highest BCUT2D eigenvalue weighted by molar-refractivity contribution is 5.27. The Labute approximate surface area is 102 Å². The van der Waals surface area contributed by atoms with Crippen molar-refractivity contribution in [1.29, 1.82) is 0 Å². The Kier molecular flexibility index (Phi) is 3.99. The van der Waals surface area contributed by atoms with E-state index in [1.807, 2.05) is 29.2 Å². The lowest BCUT2D eigenvalue weighted by Gasteiger charge is -2.37. The summed E-state index contributed by atoms with van der Waals surface area (Å²) in [6, 6.07) is 8.15. The Morgan fingerprint density at radius 3 is 2.65 bits per heavy atom. The number of aliphatic hydroxyl groups is 1. The molecule has 1 aliphatic heterocycles. The van der Waals surface area contributed by atoms with Crippen LogP contribution < -0.4 is 4.74 Å². The molecule has 0 bridgehead atoms. The Hall–Kier alpha value is -1.10. The highest BCUT2D eigenvalue weighted by Crippen LogP contribution is 2.18. The summed E-state index contributed by atoms with van der Waals surface area (Å²) in [5.41, 5.74) is 1.17. The standard InChI is InChI=1S/C13H19NO3/c1-10-8-17-9-13(15)14(10)7-11-3-5-12(16-2)6-4-11/h3-6,10,13,15H,7-9H2,1-2H3. The fraction of sp³-hybridized carbons (Fsp3) is 0.538. The molecule has 94 valence electrons. The number of rotatable bonds is 3. The number of ether oxygens (including phenoxy) is 2. The molecule has 0 radical (unpaired) electrons. The molecule has 0 aromatic heterocycles. The van der Waals surface area contributed by atoms with Gasteiger partial charge in [-0.15, -0.1) is 0 Å². The first kappa shape index (κ1) is 12.4. The predicted molar refractivity (Wildman–Crippen MR) is 64.8 cm³/mol. The number of methoxy groups -OCH3 is 1. The molecular weight excluding hydrogens is 218 g/mol. The highest BCUT2D eigenvalue weighted by atomic mass is 16.5. The van der Waals surface area contributed by atoms with E-state index in [1.54, 1.807) is 7.11 Å². The fourth-order valence-electron chi connectivity index (χ4n) is 2.03. The fourth-order valence-corrected chi connectivity index (χ4v) is 2.03. The van der Waals surface area contributed by atoms with Crippen molar-refractivity contribution in [2.45, 2.75) is 25.7 Å². The minimum absolute atomic E-state index is 0.237. The number of hydrogen-bond donors (Lipinski definition) is 1. The van der Waals surface area contributed by atoms with Crippen LogP contribution >= 0.6 is 0 Å². The first-order chi connectivity index (χ1) is 8.20. The van der Waals surface area contributed by atoms with Gasteiger partial charge < -0.3 is 14.6 Å². The maximum Gasteiger partial charge on any atom is 0.131 e. The minimum atomic E-state index is -0.513. The van der Waals surface area contributed by atoms with E-state index in [-0.39, 0.29) is 6.04 Å². The molecule has 1 aromatic rings. The lowest BCUT2D eigenvalue weighted by molar-refractivity contribution is -0.135. The Morgan fingerprint density at radius 1 is 1.35 bits per heavy atom. The van der Waals surface area contributed by atoms with E-state index in [9.17, 15) is 5.11 Å². The topological polar surface area (TPSA) is 41.9 Å². The summed E-state index contributed by atoms with van der Waals surface area (Å²) in [5, 5.41) is 9.88. The molecule has 4 nitrogen and oxygen atoms in total. The second-order valence-electron chi connectivity index (χ2n) is 4.39. The normalized spacial score (nSPS) is 25.8. The van der Waals surface area contributed by atoms with Gasteiger partial charge in [0.05, 0.1) is 20.3 Å². The molecule has 4 heteroatoms. The molecule has 1 heterocycles. The third-order valence-electron chi connectivity index (χ3n) is 3.10. The molecule has 1 aromatic carbocycles. The highest BCUT2D eigenvalue weighted by Gasteiger charge is 2.26. The zero-order valence-electron chi connectivity index (χ0n) is 10.3.